The highest BCUT2D eigenvalue weighted by atomic mass is 16.6. The van der Waals surface area contributed by atoms with Gasteiger partial charge in [0.2, 0.25) is 5.66 Å². The van der Waals surface area contributed by atoms with Crippen molar-refractivity contribution in [2.45, 2.75) is 49.9 Å². The van der Waals surface area contributed by atoms with Crippen LogP contribution < -0.4 is 26.8 Å². The molecular weight excluding hydrogens is 392 g/mol. The number of hydrogen-bond donors (Lipinski definition) is 6. The lowest BCUT2D eigenvalue weighted by molar-refractivity contribution is -0.623. The Hall–Kier alpha value is -3.05. The Labute approximate surface area is 173 Å². The van der Waals surface area contributed by atoms with Crippen LogP contribution in [0.3, 0.4) is 0 Å². The summed E-state index contributed by atoms with van der Waals surface area (Å²) in [7, 11) is 1.54. The van der Waals surface area contributed by atoms with Crippen molar-refractivity contribution in [2.24, 2.45) is 16.5 Å². The van der Waals surface area contributed by atoms with E-state index in [-0.39, 0.29) is 30.1 Å². The van der Waals surface area contributed by atoms with Gasteiger partial charge in [-0.1, -0.05) is 6.92 Å². The van der Waals surface area contributed by atoms with Crippen LogP contribution in [0.2, 0.25) is 0 Å². The first-order chi connectivity index (χ1) is 14.2. The smallest absolute Gasteiger partial charge is 0.346 e. The van der Waals surface area contributed by atoms with Crippen molar-refractivity contribution in [2.75, 3.05) is 13.7 Å². The Balaban J connectivity index is 1.67. The molecule has 0 unspecified atom stereocenters. The number of hydrogen-bond acceptors (Lipinski definition) is 10. The predicted molar refractivity (Wildman–Crippen MR) is 107 cm³/mol. The Morgan fingerprint density at radius 3 is 2.77 bits per heavy atom. The Morgan fingerprint density at radius 2 is 2.13 bits per heavy atom. The van der Waals surface area contributed by atoms with Gasteiger partial charge in [0.05, 0.1) is 12.7 Å². The summed E-state index contributed by atoms with van der Waals surface area (Å²) in [6.45, 7) is 3.66. The van der Waals surface area contributed by atoms with Crippen LogP contribution in [0.25, 0.3) is 0 Å². The van der Waals surface area contributed by atoms with E-state index in [2.05, 4.69) is 15.6 Å². The molecule has 0 aromatic heterocycles. The first kappa shape index (κ1) is 20.2. The maximum atomic E-state index is 12.8. The Morgan fingerprint density at radius 1 is 1.40 bits per heavy atom. The highest BCUT2D eigenvalue weighted by Crippen LogP contribution is 2.43. The van der Waals surface area contributed by atoms with Crippen molar-refractivity contribution in [3.8, 4) is 5.75 Å². The van der Waals surface area contributed by atoms with Crippen molar-refractivity contribution >= 4 is 17.9 Å². The number of aliphatic imine (C=N–C) groups is 1. The summed E-state index contributed by atoms with van der Waals surface area (Å²) in [5.41, 5.74) is 11.6. The number of carbonyl (C=O) groups is 1. The second-order valence-electron chi connectivity index (χ2n) is 7.81. The summed E-state index contributed by atoms with van der Waals surface area (Å²) in [5, 5.41) is 28.5. The van der Waals surface area contributed by atoms with E-state index in [1.54, 1.807) is 25.1 Å². The van der Waals surface area contributed by atoms with Gasteiger partial charge in [-0.25, -0.2) is 14.4 Å². The Kier molecular flexibility index (Phi) is 4.55. The number of guanidine groups is 2. The van der Waals surface area contributed by atoms with E-state index < -0.39 is 29.6 Å². The minimum absolute atomic E-state index is 0.0601. The van der Waals surface area contributed by atoms with Gasteiger partial charge in [0.15, 0.2) is 12.1 Å². The third kappa shape index (κ3) is 2.62. The van der Waals surface area contributed by atoms with Crippen molar-refractivity contribution in [1.82, 2.24) is 10.6 Å². The first-order valence-corrected chi connectivity index (χ1v) is 9.74. The first-order valence-electron chi connectivity index (χ1n) is 9.74. The minimum atomic E-state index is -2.51. The molecule has 162 valence electrons. The third-order valence-corrected chi connectivity index (χ3v) is 6.13. The van der Waals surface area contributed by atoms with Crippen LogP contribution in [0.4, 0.5) is 0 Å². The summed E-state index contributed by atoms with van der Waals surface area (Å²) in [6.07, 6.45) is -0.690. The van der Waals surface area contributed by atoms with Crippen LogP contribution in [-0.4, -0.2) is 76.0 Å². The number of aliphatic hydroxyl groups is 2. The minimum Gasteiger partial charge on any atom is -0.496 e. The van der Waals surface area contributed by atoms with Crippen molar-refractivity contribution in [3.63, 3.8) is 0 Å². The zero-order valence-corrected chi connectivity index (χ0v) is 17.0. The van der Waals surface area contributed by atoms with Crippen LogP contribution in [0.15, 0.2) is 23.2 Å². The fraction of sp³-hybridized carbons (Fsp3) is 0.526. The molecule has 0 amide bonds. The van der Waals surface area contributed by atoms with Crippen LogP contribution in [0, 0.1) is 6.92 Å². The fourth-order valence-corrected chi connectivity index (χ4v) is 4.63. The number of nitrogens with one attached hydrogen (secondary N) is 2. The maximum absolute atomic E-state index is 12.8. The summed E-state index contributed by atoms with van der Waals surface area (Å²) < 4.78 is 12.3. The Bertz CT molecular complexity index is 961. The van der Waals surface area contributed by atoms with E-state index in [4.69, 9.17) is 20.9 Å². The molecule has 11 heteroatoms. The zero-order chi connectivity index (χ0) is 21.8. The normalized spacial score (nSPS) is 31.2. The summed E-state index contributed by atoms with van der Waals surface area (Å²) in [4.78, 5) is 17.1. The molecule has 1 saturated heterocycles. The number of nitrogens with two attached hydrogens (primary N) is 2. The van der Waals surface area contributed by atoms with Crippen LogP contribution in [0.5, 0.6) is 5.75 Å². The van der Waals surface area contributed by atoms with E-state index in [1.165, 1.54) is 11.7 Å². The number of nitrogens with zero attached hydrogens (tertiary/aromatic N) is 2. The molecule has 4 rings (SSSR count). The molecule has 1 aromatic rings. The van der Waals surface area contributed by atoms with Gasteiger partial charge >= 0.3 is 11.9 Å². The van der Waals surface area contributed by atoms with E-state index in [1.807, 2.05) is 6.92 Å². The lowest BCUT2D eigenvalue weighted by Crippen LogP contribution is -2.78. The van der Waals surface area contributed by atoms with Crippen LogP contribution in [0.1, 0.15) is 29.3 Å². The summed E-state index contributed by atoms with van der Waals surface area (Å²) in [5.74, 6) is -2.30. The van der Waals surface area contributed by atoms with Gasteiger partial charge in [0.25, 0.3) is 5.79 Å². The van der Waals surface area contributed by atoms with E-state index >= 15 is 0 Å². The average molecular weight is 419 g/mol. The second kappa shape index (κ2) is 6.74. The predicted octanol–water partition coefficient (Wildman–Crippen LogP) is -2.08. The summed E-state index contributed by atoms with van der Waals surface area (Å²) in [6, 6.07) is 3.88. The number of methoxy groups -OCH3 is 1. The highest BCUT2D eigenvalue weighted by molar-refractivity contribution is 5.90. The van der Waals surface area contributed by atoms with Gasteiger partial charge in [-0.2, -0.15) is 0 Å². The topological polar surface area (TPSA) is 167 Å². The molecule has 0 saturated carbocycles. The number of esters is 1. The molecule has 0 radical (unpaired) electrons. The van der Waals surface area contributed by atoms with Gasteiger partial charge in [0.1, 0.15) is 24.4 Å². The lowest BCUT2D eigenvalue weighted by Gasteiger charge is -2.43. The van der Waals surface area contributed by atoms with Gasteiger partial charge in [-0.15, -0.1) is 0 Å². The van der Waals surface area contributed by atoms with E-state index in [0.29, 0.717) is 12.2 Å². The maximum Gasteiger partial charge on any atom is 0.346 e. The van der Waals surface area contributed by atoms with Crippen LogP contribution in [-0.2, 0) is 4.74 Å². The summed E-state index contributed by atoms with van der Waals surface area (Å²) >= 11 is 0. The molecule has 1 spiro atoms. The molecule has 3 aliphatic rings. The number of aryl methyl sites for hydroxylation is 1. The standard InChI is InChI=1S/C19H26N6O5/c1-4-11-14-18(24-16(20)23-14)19(27,28)13(8-25(18)17(21)22-11)30-15(26)10-5-6-12(29-3)9(2)7-10/h5-7,11,13-14,27-28H,4,8H2,1-3H3,(H5,20,21,22,23,24)/p+1/t11-,13-,14-,18-/m0/s1. The van der Waals surface area contributed by atoms with Gasteiger partial charge < -0.3 is 30.7 Å². The van der Waals surface area contributed by atoms with Gasteiger partial charge in [-0.05, 0) is 37.1 Å². The fourth-order valence-electron chi connectivity index (χ4n) is 4.63. The molecule has 4 atom stereocenters. The zero-order valence-electron chi connectivity index (χ0n) is 17.0. The molecule has 30 heavy (non-hydrogen) atoms. The SMILES string of the molecule is CC[C@@H]1NC(N)=[N+]2C[C@H](OC(=O)c3ccc(OC)c(C)c3)C(O)(O)[C@@]23NC(N)=N[C@@H]13. The molecule has 0 bridgehead atoms. The molecular formula is C19H27N6O5+. The van der Waals surface area contributed by atoms with Gasteiger partial charge in [-0.3, -0.25) is 11.1 Å². The second-order valence-corrected chi connectivity index (χ2v) is 7.81. The van der Waals surface area contributed by atoms with E-state index in [0.717, 1.165) is 5.56 Å². The number of ether oxygens (including phenoxy) is 2. The van der Waals surface area contributed by atoms with Crippen molar-refractivity contribution < 1.29 is 29.1 Å². The van der Waals surface area contributed by atoms with Gasteiger partial charge in [0, 0.05) is 0 Å². The van der Waals surface area contributed by atoms with Crippen LogP contribution >= 0.6 is 0 Å². The number of rotatable bonds is 4. The number of benzene rings is 1. The molecule has 0 aliphatic carbocycles. The van der Waals surface area contributed by atoms with E-state index in [9.17, 15) is 15.0 Å². The average Bonchev–Trinajstić information content (AvgIpc) is 3.16. The molecule has 3 heterocycles. The molecule has 1 aromatic carbocycles. The molecule has 1 fully saturated rings. The molecule has 3 aliphatic heterocycles. The molecule has 11 nitrogen and oxygen atoms in total. The number of carbonyl (C=O) groups excluding carboxylic acids is 1. The van der Waals surface area contributed by atoms with Crippen molar-refractivity contribution in [1.29, 1.82) is 0 Å². The largest absolute Gasteiger partial charge is 0.496 e. The monoisotopic (exact) mass is 419 g/mol. The third-order valence-electron chi connectivity index (χ3n) is 6.13. The highest BCUT2D eigenvalue weighted by Gasteiger charge is 2.75. The molecule has 8 N–H and O–H groups in total. The van der Waals surface area contributed by atoms with Crippen molar-refractivity contribution in [3.05, 3.63) is 29.3 Å². The quantitative estimate of drug-likeness (QED) is 0.182. The lowest BCUT2D eigenvalue weighted by atomic mass is 9.85.